The normalized spacial score (nSPS) is 17.8. The lowest BCUT2D eigenvalue weighted by Crippen LogP contribution is -2.51. The third kappa shape index (κ3) is 5.88. The van der Waals surface area contributed by atoms with Crippen molar-refractivity contribution < 1.29 is 19.5 Å². The minimum absolute atomic E-state index is 0.0211. The van der Waals surface area contributed by atoms with Gasteiger partial charge in [-0.05, 0) is 37.6 Å². The summed E-state index contributed by atoms with van der Waals surface area (Å²) >= 11 is 11.8. The largest absolute Gasteiger partial charge is 0.480 e. The van der Waals surface area contributed by atoms with Crippen LogP contribution in [0.5, 0.6) is 0 Å². The van der Waals surface area contributed by atoms with Crippen molar-refractivity contribution in [3.8, 4) is 0 Å². The van der Waals surface area contributed by atoms with Gasteiger partial charge in [-0.15, -0.1) is 0 Å². The Kier molecular flexibility index (Phi) is 7.04. The first-order chi connectivity index (χ1) is 11.9. The standard InChI is InChI=1S/C16H19Cl2N3O4/c17-11-5-4-10(7-12(11)18)20-16(25)13-3-1-2-6-21(13)9-14(22)19-8-15(23)24/h4-5,7,13H,1-3,6,8-9H2,(H,19,22)(H,20,25)(H,23,24). The number of hydrogen-bond donors (Lipinski definition) is 3. The zero-order valence-electron chi connectivity index (χ0n) is 13.4. The molecule has 25 heavy (non-hydrogen) atoms. The van der Waals surface area contributed by atoms with Gasteiger partial charge in [0.15, 0.2) is 0 Å². The van der Waals surface area contributed by atoms with Crippen molar-refractivity contribution in [3.63, 3.8) is 0 Å². The molecular weight excluding hydrogens is 369 g/mol. The fraction of sp³-hybridized carbons (Fsp3) is 0.438. The van der Waals surface area contributed by atoms with Crippen LogP contribution in [-0.2, 0) is 14.4 Å². The maximum atomic E-state index is 12.6. The Morgan fingerprint density at radius 3 is 2.64 bits per heavy atom. The van der Waals surface area contributed by atoms with E-state index in [1.165, 1.54) is 0 Å². The van der Waals surface area contributed by atoms with E-state index in [0.29, 0.717) is 28.7 Å². The molecule has 136 valence electrons. The van der Waals surface area contributed by atoms with Gasteiger partial charge < -0.3 is 15.7 Å². The van der Waals surface area contributed by atoms with Crippen LogP contribution in [0, 0.1) is 0 Å². The predicted octanol–water partition coefficient (Wildman–Crippen LogP) is 1.99. The van der Waals surface area contributed by atoms with Gasteiger partial charge in [-0.2, -0.15) is 0 Å². The van der Waals surface area contributed by atoms with Crippen LogP contribution in [0.15, 0.2) is 18.2 Å². The average Bonchev–Trinajstić information content (AvgIpc) is 2.57. The van der Waals surface area contributed by atoms with Crippen LogP contribution >= 0.6 is 23.2 Å². The Hall–Kier alpha value is -1.83. The first kappa shape index (κ1) is 19.5. The number of nitrogens with zero attached hydrogens (tertiary/aromatic N) is 1. The number of benzene rings is 1. The first-order valence-corrected chi connectivity index (χ1v) is 8.61. The van der Waals surface area contributed by atoms with Crippen molar-refractivity contribution in [2.24, 2.45) is 0 Å². The molecule has 1 fully saturated rings. The summed E-state index contributed by atoms with van der Waals surface area (Å²) in [6.45, 7) is 0.138. The van der Waals surface area contributed by atoms with Gasteiger partial charge in [0.2, 0.25) is 11.8 Å². The summed E-state index contributed by atoms with van der Waals surface area (Å²) in [5.74, 6) is -1.76. The number of rotatable bonds is 6. The van der Waals surface area contributed by atoms with Gasteiger partial charge in [0.25, 0.3) is 0 Å². The predicted molar refractivity (Wildman–Crippen MR) is 94.9 cm³/mol. The van der Waals surface area contributed by atoms with E-state index >= 15 is 0 Å². The molecule has 1 aliphatic heterocycles. The van der Waals surface area contributed by atoms with Crippen LogP contribution in [0.25, 0.3) is 0 Å². The highest BCUT2D eigenvalue weighted by Gasteiger charge is 2.30. The summed E-state index contributed by atoms with van der Waals surface area (Å²) < 4.78 is 0. The van der Waals surface area contributed by atoms with E-state index < -0.39 is 24.5 Å². The highest BCUT2D eigenvalue weighted by Crippen LogP contribution is 2.26. The molecule has 1 aromatic rings. The Bertz CT molecular complexity index is 669. The molecule has 1 aliphatic rings. The summed E-state index contributed by atoms with van der Waals surface area (Å²) in [5.41, 5.74) is 0.528. The number of halogens is 2. The molecule has 0 bridgehead atoms. The Morgan fingerprint density at radius 1 is 1.20 bits per heavy atom. The van der Waals surface area contributed by atoms with E-state index in [-0.39, 0.29) is 12.5 Å². The zero-order valence-corrected chi connectivity index (χ0v) is 14.9. The number of likely N-dealkylation sites (tertiary alicyclic amines) is 1. The summed E-state index contributed by atoms with van der Waals surface area (Å²) in [4.78, 5) is 36.7. The molecule has 9 heteroatoms. The van der Waals surface area contributed by atoms with Crippen molar-refractivity contribution in [2.45, 2.75) is 25.3 Å². The van der Waals surface area contributed by atoms with Gasteiger partial charge in [-0.3, -0.25) is 19.3 Å². The summed E-state index contributed by atoms with van der Waals surface area (Å²) in [7, 11) is 0. The van der Waals surface area contributed by atoms with Gasteiger partial charge in [-0.1, -0.05) is 29.6 Å². The minimum atomic E-state index is -1.11. The van der Waals surface area contributed by atoms with E-state index in [4.69, 9.17) is 28.3 Å². The molecule has 1 unspecified atom stereocenters. The third-order valence-corrected chi connectivity index (χ3v) is 4.63. The van der Waals surface area contributed by atoms with Gasteiger partial charge in [0, 0.05) is 5.69 Å². The molecule has 1 saturated heterocycles. The molecule has 0 radical (unpaired) electrons. The van der Waals surface area contributed by atoms with Crippen molar-refractivity contribution in [1.29, 1.82) is 0 Å². The maximum absolute atomic E-state index is 12.6. The van der Waals surface area contributed by atoms with Crippen LogP contribution in [0.3, 0.4) is 0 Å². The molecule has 2 amide bonds. The highest BCUT2D eigenvalue weighted by molar-refractivity contribution is 6.42. The number of carboxylic acid groups (broad SMARTS) is 1. The molecule has 0 saturated carbocycles. The Balaban J connectivity index is 1.98. The summed E-state index contributed by atoms with van der Waals surface area (Å²) in [5, 5.41) is 14.4. The Labute approximate surface area is 155 Å². The van der Waals surface area contributed by atoms with Crippen molar-refractivity contribution >= 4 is 46.7 Å². The molecule has 2 rings (SSSR count). The number of carbonyl (C=O) groups is 3. The van der Waals surface area contributed by atoms with Gasteiger partial charge >= 0.3 is 5.97 Å². The van der Waals surface area contributed by atoms with Crippen molar-refractivity contribution in [1.82, 2.24) is 10.2 Å². The molecule has 1 atom stereocenters. The average molecular weight is 388 g/mol. The molecule has 7 nitrogen and oxygen atoms in total. The molecule has 0 aliphatic carbocycles. The van der Waals surface area contributed by atoms with E-state index in [1.54, 1.807) is 23.1 Å². The smallest absolute Gasteiger partial charge is 0.322 e. The monoisotopic (exact) mass is 387 g/mol. The second-order valence-electron chi connectivity index (χ2n) is 5.77. The quantitative estimate of drug-likeness (QED) is 0.692. The summed E-state index contributed by atoms with van der Waals surface area (Å²) in [6.07, 6.45) is 2.38. The lowest BCUT2D eigenvalue weighted by Gasteiger charge is -2.34. The molecule has 0 spiro atoms. The lowest BCUT2D eigenvalue weighted by molar-refractivity contribution is -0.138. The van der Waals surface area contributed by atoms with Gasteiger partial charge in [0.1, 0.15) is 6.54 Å². The number of anilines is 1. The number of carboxylic acids is 1. The molecule has 1 aromatic carbocycles. The van der Waals surface area contributed by atoms with Crippen LogP contribution in [0.4, 0.5) is 5.69 Å². The number of carbonyl (C=O) groups excluding carboxylic acids is 2. The van der Waals surface area contributed by atoms with E-state index in [9.17, 15) is 14.4 Å². The lowest BCUT2D eigenvalue weighted by atomic mass is 10.0. The minimum Gasteiger partial charge on any atom is -0.480 e. The third-order valence-electron chi connectivity index (χ3n) is 3.89. The second-order valence-corrected chi connectivity index (χ2v) is 6.59. The SMILES string of the molecule is O=C(O)CNC(=O)CN1CCCCC1C(=O)Nc1ccc(Cl)c(Cl)c1. The van der Waals surface area contributed by atoms with Crippen LogP contribution in [0.1, 0.15) is 19.3 Å². The van der Waals surface area contributed by atoms with Crippen LogP contribution in [0.2, 0.25) is 10.0 Å². The number of hydrogen-bond acceptors (Lipinski definition) is 4. The van der Waals surface area contributed by atoms with Gasteiger partial charge in [0.05, 0.1) is 22.6 Å². The fourth-order valence-electron chi connectivity index (χ4n) is 2.69. The van der Waals surface area contributed by atoms with E-state index in [2.05, 4.69) is 10.6 Å². The van der Waals surface area contributed by atoms with E-state index in [0.717, 1.165) is 12.8 Å². The summed E-state index contributed by atoms with van der Waals surface area (Å²) in [6, 6.07) is 4.35. The zero-order chi connectivity index (χ0) is 18.4. The molecule has 3 N–H and O–H groups in total. The number of nitrogens with one attached hydrogen (secondary N) is 2. The fourth-order valence-corrected chi connectivity index (χ4v) is 2.99. The molecular formula is C16H19Cl2N3O4. The Morgan fingerprint density at radius 2 is 1.96 bits per heavy atom. The topological polar surface area (TPSA) is 98.7 Å². The van der Waals surface area contributed by atoms with Crippen molar-refractivity contribution in [2.75, 3.05) is 25.0 Å². The van der Waals surface area contributed by atoms with Crippen LogP contribution in [-0.4, -0.2) is 53.5 Å². The number of piperidine rings is 1. The number of amides is 2. The number of aliphatic carboxylic acids is 1. The second kappa shape index (κ2) is 9.03. The van der Waals surface area contributed by atoms with Crippen LogP contribution < -0.4 is 10.6 Å². The molecule has 1 heterocycles. The maximum Gasteiger partial charge on any atom is 0.322 e. The highest BCUT2D eigenvalue weighted by atomic mass is 35.5. The van der Waals surface area contributed by atoms with Crippen molar-refractivity contribution in [3.05, 3.63) is 28.2 Å². The molecule has 0 aromatic heterocycles. The first-order valence-electron chi connectivity index (χ1n) is 7.85. The van der Waals surface area contributed by atoms with E-state index in [1.807, 2.05) is 0 Å². The van der Waals surface area contributed by atoms with Gasteiger partial charge in [-0.25, -0.2) is 0 Å².